The Morgan fingerprint density at radius 2 is 1.79 bits per heavy atom. The number of alkyl halides is 2. The second kappa shape index (κ2) is 8.88. The van der Waals surface area contributed by atoms with E-state index in [2.05, 4.69) is 9.64 Å². The predicted octanol–water partition coefficient (Wildman–Crippen LogP) is 3.29. The molecule has 2 heterocycles. The summed E-state index contributed by atoms with van der Waals surface area (Å²) < 4.78 is 36.0. The van der Waals surface area contributed by atoms with E-state index in [-0.39, 0.29) is 23.8 Å². The maximum absolute atomic E-state index is 12.7. The fourth-order valence-electron chi connectivity index (χ4n) is 4.12. The molecule has 154 valence electrons. The number of hydrogen-bond acceptors (Lipinski definition) is 4. The minimum atomic E-state index is -2.86. The molecule has 0 unspecified atom stereocenters. The number of nitrogens with zero attached hydrogens (tertiary/aromatic N) is 2. The topological polar surface area (TPSA) is 42.0 Å². The molecule has 29 heavy (non-hydrogen) atoms. The SMILES string of the molecule is O=C1CCO[C@H]2CN(Cc3ccccc3OC(F)F)C[C@@H]2N1Cc1ccccc1. The second-order valence-corrected chi connectivity index (χ2v) is 7.41. The van der Waals surface area contributed by atoms with Crippen molar-refractivity contribution in [2.24, 2.45) is 0 Å². The van der Waals surface area contributed by atoms with Gasteiger partial charge in [-0.05, 0) is 11.6 Å². The van der Waals surface area contributed by atoms with Gasteiger partial charge >= 0.3 is 6.61 Å². The van der Waals surface area contributed by atoms with Gasteiger partial charge in [0.05, 0.1) is 25.2 Å². The summed E-state index contributed by atoms with van der Waals surface area (Å²) in [5.74, 6) is 0.275. The first-order valence-electron chi connectivity index (χ1n) is 9.80. The van der Waals surface area contributed by atoms with E-state index in [0.717, 1.165) is 5.56 Å². The summed E-state index contributed by atoms with van der Waals surface area (Å²) in [4.78, 5) is 16.8. The number of amides is 1. The van der Waals surface area contributed by atoms with Gasteiger partial charge in [0.2, 0.25) is 5.91 Å². The maximum atomic E-state index is 12.7. The van der Waals surface area contributed by atoms with Crippen molar-refractivity contribution in [2.45, 2.75) is 38.3 Å². The molecule has 0 bridgehead atoms. The van der Waals surface area contributed by atoms with Gasteiger partial charge in [-0.15, -0.1) is 0 Å². The molecule has 0 aliphatic carbocycles. The predicted molar refractivity (Wildman–Crippen MR) is 103 cm³/mol. The molecule has 2 aromatic carbocycles. The summed E-state index contributed by atoms with van der Waals surface area (Å²) in [6.45, 7) is -0.165. The molecule has 2 fully saturated rings. The molecule has 5 nitrogen and oxygen atoms in total. The van der Waals surface area contributed by atoms with Gasteiger partial charge in [-0.25, -0.2) is 0 Å². The fourth-order valence-corrected chi connectivity index (χ4v) is 4.12. The normalized spacial score (nSPS) is 22.6. The third-order valence-corrected chi connectivity index (χ3v) is 5.46. The van der Waals surface area contributed by atoms with E-state index < -0.39 is 6.61 Å². The Morgan fingerprint density at radius 1 is 1.03 bits per heavy atom. The number of carbonyl (C=O) groups excluding carboxylic acids is 1. The molecule has 0 saturated carbocycles. The summed E-state index contributed by atoms with van der Waals surface area (Å²) in [6.07, 6.45) is 0.290. The van der Waals surface area contributed by atoms with Crippen LogP contribution in [0.1, 0.15) is 17.5 Å². The first-order valence-corrected chi connectivity index (χ1v) is 9.80. The van der Waals surface area contributed by atoms with Crippen molar-refractivity contribution >= 4 is 5.91 Å². The lowest BCUT2D eigenvalue weighted by Gasteiger charge is -2.30. The molecule has 1 amide bonds. The van der Waals surface area contributed by atoms with E-state index in [0.29, 0.717) is 44.8 Å². The van der Waals surface area contributed by atoms with Crippen molar-refractivity contribution in [1.82, 2.24) is 9.80 Å². The second-order valence-electron chi connectivity index (χ2n) is 7.41. The van der Waals surface area contributed by atoms with Gasteiger partial charge < -0.3 is 14.4 Å². The first-order chi connectivity index (χ1) is 14.1. The Kier molecular flexibility index (Phi) is 6.06. The third kappa shape index (κ3) is 4.74. The summed E-state index contributed by atoms with van der Waals surface area (Å²) in [7, 11) is 0. The number of fused-ring (bicyclic) bond motifs is 1. The molecule has 0 spiro atoms. The molecule has 4 rings (SSSR count). The van der Waals surface area contributed by atoms with E-state index in [9.17, 15) is 13.6 Å². The lowest BCUT2D eigenvalue weighted by Crippen LogP contribution is -2.45. The Labute approximate surface area is 168 Å². The van der Waals surface area contributed by atoms with Crippen LogP contribution in [-0.2, 0) is 22.6 Å². The zero-order valence-electron chi connectivity index (χ0n) is 16.0. The smallest absolute Gasteiger partial charge is 0.387 e. The van der Waals surface area contributed by atoms with Crippen molar-refractivity contribution in [2.75, 3.05) is 19.7 Å². The van der Waals surface area contributed by atoms with Crippen LogP contribution in [0.15, 0.2) is 54.6 Å². The summed E-state index contributed by atoms with van der Waals surface area (Å²) in [6, 6.07) is 16.7. The highest BCUT2D eigenvalue weighted by Crippen LogP contribution is 2.28. The third-order valence-electron chi connectivity index (χ3n) is 5.46. The van der Waals surface area contributed by atoms with Crippen molar-refractivity contribution in [3.05, 3.63) is 65.7 Å². The lowest BCUT2D eigenvalue weighted by molar-refractivity contribution is -0.133. The zero-order valence-corrected chi connectivity index (χ0v) is 16.0. The molecular formula is C22H24F2N2O3. The van der Waals surface area contributed by atoms with E-state index >= 15 is 0 Å². The molecule has 0 N–H and O–H groups in total. The summed E-state index contributed by atoms with van der Waals surface area (Å²) in [5, 5.41) is 0. The van der Waals surface area contributed by atoms with Crippen LogP contribution in [0.2, 0.25) is 0 Å². The van der Waals surface area contributed by atoms with Gasteiger partial charge in [0.1, 0.15) is 5.75 Å². The Balaban J connectivity index is 1.49. The maximum Gasteiger partial charge on any atom is 0.387 e. The van der Waals surface area contributed by atoms with Crippen LogP contribution in [0.5, 0.6) is 5.75 Å². The zero-order chi connectivity index (χ0) is 20.2. The van der Waals surface area contributed by atoms with Crippen molar-refractivity contribution in [3.63, 3.8) is 0 Å². The van der Waals surface area contributed by atoms with Gasteiger partial charge in [0.15, 0.2) is 0 Å². The van der Waals surface area contributed by atoms with Crippen LogP contribution in [0.3, 0.4) is 0 Å². The minimum absolute atomic E-state index is 0.0617. The molecule has 2 aliphatic heterocycles. The molecule has 7 heteroatoms. The first kappa shape index (κ1) is 19.8. The Bertz CT molecular complexity index is 834. The van der Waals surface area contributed by atoms with E-state index in [1.807, 2.05) is 41.3 Å². The number of likely N-dealkylation sites (tertiary alicyclic amines) is 1. The average molecular weight is 402 g/mol. The largest absolute Gasteiger partial charge is 0.434 e. The molecule has 2 aromatic rings. The summed E-state index contributed by atoms with van der Waals surface area (Å²) >= 11 is 0. The number of benzene rings is 2. The number of carbonyl (C=O) groups is 1. The Hall–Kier alpha value is -2.51. The summed E-state index contributed by atoms with van der Waals surface area (Å²) in [5.41, 5.74) is 1.78. The molecule has 0 radical (unpaired) electrons. The minimum Gasteiger partial charge on any atom is -0.434 e. The molecular weight excluding hydrogens is 378 g/mol. The van der Waals surface area contributed by atoms with Gasteiger partial charge in [-0.2, -0.15) is 8.78 Å². The number of rotatable bonds is 6. The molecule has 2 aliphatic rings. The van der Waals surface area contributed by atoms with Crippen molar-refractivity contribution in [3.8, 4) is 5.75 Å². The van der Waals surface area contributed by atoms with Gasteiger partial charge in [0, 0.05) is 31.7 Å². The molecule has 0 aromatic heterocycles. The standard InChI is InChI=1S/C22H24F2N2O3/c23-22(24)29-19-9-5-4-8-17(19)13-25-14-18-20(15-25)28-11-10-21(27)26(18)12-16-6-2-1-3-7-16/h1-9,18,20,22H,10-15H2/t18-,20-/m0/s1. The van der Waals surface area contributed by atoms with Crippen molar-refractivity contribution in [1.29, 1.82) is 0 Å². The average Bonchev–Trinajstić information content (AvgIpc) is 3.04. The van der Waals surface area contributed by atoms with Crippen LogP contribution in [0.4, 0.5) is 8.78 Å². The fraction of sp³-hybridized carbons (Fsp3) is 0.409. The Morgan fingerprint density at radius 3 is 2.59 bits per heavy atom. The number of ether oxygens (including phenoxy) is 2. The van der Waals surface area contributed by atoms with Crippen molar-refractivity contribution < 1.29 is 23.0 Å². The van der Waals surface area contributed by atoms with Crippen LogP contribution in [0, 0.1) is 0 Å². The van der Waals surface area contributed by atoms with Crippen LogP contribution < -0.4 is 4.74 Å². The van der Waals surface area contributed by atoms with E-state index in [1.165, 1.54) is 0 Å². The van der Waals surface area contributed by atoms with E-state index in [1.54, 1.807) is 18.2 Å². The highest BCUT2D eigenvalue weighted by Gasteiger charge is 2.41. The number of para-hydroxylation sites is 1. The van der Waals surface area contributed by atoms with Gasteiger partial charge in [-0.3, -0.25) is 9.69 Å². The number of hydrogen-bond donors (Lipinski definition) is 0. The van der Waals surface area contributed by atoms with E-state index in [4.69, 9.17) is 4.74 Å². The highest BCUT2D eigenvalue weighted by molar-refractivity contribution is 5.77. The number of halogens is 2. The lowest BCUT2D eigenvalue weighted by atomic mass is 10.1. The van der Waals surface area contributed by atoms with Crippen LogP contribution >= 0.6 is 0 Å². The van der Waals surface area contributed by atoms with Gasteiger partial charge in [-0.1, -0.05) is 48.5 Å². The monoisotopic (exact) mass is 402 g/mol. The highest BCUT2D eigenvalue weighted by atomic mass is 19.3. The quantitative estimate of drug-likeness (QED) is 0.744. The molecule has 2 atom stereocenters. The van der Waals surface area contributed by atoms with Gasteiger partial charge in [0.25, 0.3) is 0 Å². The molecule has 2 saturated heterocycles. The van der Waals surface area contributed by atoms with Crippen LogP contribution in [0.25, 0.3) is 0 Å². The van der Waals surface area contributed by atoms with Crippen LogP contribution in [-0.4, -0.2) is 54.2 Å².